The Kier molecular flexibility index (Phi) is 7.79. The highest BCUT2D eigenvalue weighted by atomic mass is 35.5. The van der Waals surface area contributed by atoms with Crippen LogP contribution in [0.3, 0.4) is 0 Å². The van der Waals surface area contributed by atoms with Crippen LogP contribution in [-0.2, 0) is 17.8 Å². The molecule has 1 atom stereocenters. The van der Waals surface area contributed by atoms with Crippen LogP contribution < -0.4 is 10.5 Å². The van der Waals surface area contributed by atoms with Crippen molar-refractivity contribution in [3.63, 3.8) is 0 Å². The van der Waals surface area contributed by atoms with E-state index in [1.165, 1.54) is 11.8 Å². The third-order valence-electron chi connectivity index (χ3n) is 7.36. The lowest BCUT2D eigenvalue weighted by molar-refractivity contribution is 0.0489. The van der Waals surface area contributed by atoms with Gasteiger partial charge in [0.25, 0.3) is 5.91 Å². The summed E-state index contributed by atoms with van der Waals surface area (Å²) in [6.45, 7) is 2.23. The van der Waals surface area contributed by atoms with E-state index in [0.29, 0.717) is 40.0 Å². The van der Waals surface area contributed by atoms with E-state index in [-0.39, 0.29) is 29.9 Å². The van der Waals surface area contributed by atoms with E-state index in [0.717, 1.165) is 38.7 Å². The summed E-state index contributed by atoms with van der Waals surface area (Å²) < 4.78 is 12.0. The van der Waals surface area contributed by atoms with Crippen molar-refractivity contribution in [1.29, 1.82) is 0 Å². The molecule has 5 rings (SSSR count). The lowest BCUT2D eigenvalue weighted by atomic mass is 9.76. The highest BCUT2D eigenvalue weighted by Crippen LogP contribution is 2.43. The highest BCUT2D eigenvalue weighted by Gasteiger charge is 2.43. The fraction of sp³-hybridized carbons (Fsp3) is 0.407. The number of pyridine rings is 1. The standard InChI is InChI=1S/C27H29Cl2N5O3/c28-22-2-1-3-23(29)21(22)16-36-24-12-19(15-31-25(24)30)26(35)34-10-7-27(8-11-34)13-20(37-17-27)5-4-18-6-9-32-33-14-18/h1-3,6,9,12,14-15,20H,4-5,7-8,10-11,13,16-17H2,(H2,30,31). The van der Waals surface area contributed by atoms with E-state index in [2.05, 4.69) is 15.2 Å². The number of anilines is 1. The van der Waals surface area contributed by atoms with Gasteiger partial charge in [0.05, 0.1) is 24.5 Å². The number of piperidine rings is 1. The van der Waals surface area contributed by atoms with Crippen LogP contribution in [0.4, 0.5) is 5.82 Å². The Morgan fingerprint density at radius 1 is 1.16 bits per heavy atom. The van der Waals surface area contributed by atoms with Crippen LogP contribution in [0.15, 0.2) is 48.9 Å². The molecule has 1 unspecified atom stereocenters. The zero-order valence-corrected chi connectivity index (χ0v) is 21.9. The van der Waals surface area contributed by atoms with Crippen molar-refractivity contribution in [2.24, 2.45) is 5.41 Å². The first-order chi connectivity index (χ1) is 17.9. The number of benzene rings is 1. The van der Waals surface area contributed by atoms with Gasteiger partial charge in [-0.15, -0.1) is 0 Å². The molecule has 37 heavy (non-hydrogen) atoms. The van der Waals surface area contributed by atoms with Crippen molar-refractivity contribution in [2.45, 2.75) is 44.8 Å². The third-order valence-corrected chi connectivity index (χ3v) is 8.07. The summed E-state index contributed by atoms with van der Waals surface area (Å²) in [5.41, 5.74) is 8.42. The lowest BCUT2D eigenvalue weighted by Crippen LogP contribution is -2.43. The molecule has 2 aliphatic rings. The Morgan fingerprint density at radius 2 is 1.95 bits per heavy atom. The number of carbonyl (C=O) groups excluding carboxylic acids is 1. The number of nitrogens with zero attached hydrogens (tertiary/aromatic N) is 4. The molecule has 194 valence electrons. The maximum Gasteiger partial charge on any atom is 0.255 e. The third kappa shape index (κ3) is 5.98. The molecule has 10 heteroatoms. The smallest absolute Gasteiger partial charge is 0.255 e. The molecule has 0 bridgehead atoms. The normalized spacial score (nSPS) is 18.8. The maximum absolute atomic E-state index is 13.3. The van der Waals surface area contributed by atoms with Gasteiger partial charge in [0, 0.05) is 41.1 Å². The first kappa shape index (κ1) is 25.7. The van der Waals surface area contributed by atoms with Crippen LogP contribution in [0.25, 0.3) is 0 Å². The molecule has 2 saturated heterocycles. The predicted molar refractivity (Wildman–Crippen MR) is 142 cm³/mol. The molecule has 0 aliphatic carbocycles. The van der Waals surface area contributed by atoms with Gasteiger partial charge in [-0.2, -0.15) is 10.2 Å². The van der Waals surface area contributed by atoms with Gasteiger partial charge in [0.15, 0.2) is 11.6 Å². The van der Waals surface area contributed by atoms with E-state index in [1.54, 1.807) is 30.5 Å². The quantitative estimate of drug-likeness (QED) is 0.449. The van der Waals surface area contributed by atoms with Gasteiger partial charge in [0.1, 0.15) is 6.61 Å². The average molecular weight is 542 g/mol. The lowest BCUT2D eigenvalue weighted by Gasteiger charge is -2.38. The number of hydrogen-bond donors (Lipinski definition) is 1. The summed E-state index contributed by atoms with van der Waals surface area (Å²) in [4.78, 5) is 19.3. The number of likely N-dealkylation sites (tertiary alicyclic amines) is 1. The summed E-state index contributed by atoms with van der Waals surface area (Å²) in [6.07, 6.45) is 10.0. The maximum atomic E-state index is 13.3. The monoisotopic (exact) mass is 541 g/mol. The molecule has 2 fully saturated rings. The van der Waals surface area contributed by atoms with E-state index >= 15 is 0 Å². The van der Waals surface area contributed by atoms with Crippen LogP contribution in [0.2, 0.25) is 10.0 Å². The molecule has 1 amide bonds. The molecule has 2 aromatic heterocycles. The number of carbonyl (C=O) groups is 1. The first-order valence-electron chi connectivity index (χ1n) is 12.4. The fourth-order valence-corrected chi connectivity index (χ4v) is 5.60. The Bertz CT molecular complexity index is 1230. The number of hydrogen-bond acceptors (Lipinski definition) is 7. The summed E-state index contributed by atoms with van der Waals surface area (Å²) >= 11 is 12.5. The number of amides is 1. The molecule has 8 nitrogen and oxygen atoms in total. The molecule has 2 N–H and O–H groups in total. The summed E-state index contributed by atoms with van der Waals surface area (Å²) in [5, 5.41) is 8.78. The Hall–Kier alpha value is -2.94. The Balaban J connectivity index is 1.16. The van der Waals surface area contributed by atoms with Gasteiger partial charge in [-0.05, 0) is 67.3 Å². The SMILES string of the molecule is Nc1ncc(C(=O)N2CCC3(CC2)COC(CCc2ccnnc2)C3)cc1OCc1c(Cl)cccc1Cl. The zero-order chi connectivity index (χ0) is 25.8. The molecule has 0 saturated carbocycles. The topological polar surface area (TPSA) is 103 Å². The van der Waals surface area contributed by atoms with Crippen molar-refractivity contribution in [3.05, 3.63) is 75.7 Å². The second-order valence-corrected chi connectivity index (χ2v) is 10.6. The zero-order valence-electron chi connectivity index (χ0n) is 20.4. The second-order valence-electron chi connectivity index (χ2n) is 9.81. The Morgan fingerprint density at radius 3 is 2.68 bits per heavy atom. The summed E-state index contributed by atoms with van der Waals surface area (Å²) in [7, 11) is 0. The van der Waals surface area contributed by atoms with Crippen molar-refractivity contribution >= 4 is 34.9 Å². The van der Waals surface area contributed by atoms with E-state index in [1.807, 2.05) is 17.2 Å². The van der Waals surface area contributed by atoms with Gasteiger partial charge in [-0.3, -0.25) is 4.79 Å². The molecule has 1 spiro atoms. The predicted octanol–water partition coefficient (Wildman–Crippen LogP) is 4.98. The number of ether oxygens (including phenoxy) is 2. The molecule has 3 aromatic rings. The van der Waals surface area contributed by atoms with E-state index in [4.69, 9.17) is 38.4 Å². The number of aromatic nitrogens is 3. The minimum atomic E-state index is -0.0800. The minimum absolute atomic E-state index is 0.0800. The van der Waals surface area contributed by atoms with E-state index < -0.39 is 0 Å². The molecule has 4 heterocycles. The van der Waals surface area contributed by atoms with Crippen molar-refractivity contribution < 1.29 is 14.3 Å². The van der Waals surface area contributed by atoms with Gasteiger partial charge >= 0.3 is 0 Å². The molecule has 0 radical (unpaired) electrons. The largest absolute Gasteiger partial charge is 0.485 e. The highest BCUT2D eigenvalue weighted by molar-refractivity contribution is 6.35. The van der Waals surface area contributed by atoms with Crippen LogP contribution >= 0.6 is 23.2 Å². The number of aryl methyl sites for hydroxylation is 1. The van der Waals surface area contributed by atoms with Crippen molar-refractivity contribution in [3.8, 4) is 5.75 Å². The van der Waals surface area contributed by atoms with Gasteiger partial charge < -0.3 is 20.1 Å². The van der Waals surface area contributed by atoms with Crippen LogP contribution in [0.1, 0.15) is 47.2 Å². The summed E-state index contributed by atoms with van der Waals surface area (Å²) in [5.74, 6) is 0.449. The van der Waals surface area contributed by atoms with Gasteiger partial charge in [-0.25, -0.2) is 4.98 Å². The number of nitrogens with two attached hydrogens (primary N) is 1. The van der Waals surface area contributed by atoms with Gasteiger partial charge in [-0.1, -0.05) is 29.3 Å². The summed E-state index contributed by atoms with van der Waals surface area (Å²) in [6, 6.07) is 8.89. The van der Waals surface area contributed by atoms with Crippen molar-refractivity contribution in [1.82, 2.24) is 20.1 Å². The average Bonchev–Trinajstić information content (AvgIpc) is 3.31. The number of nitrogen functional groups attached to an aromatic ring is 1. The molecule has 2 aliphatic heterocycles. The number of rotatable bonds is 7. The van der Waals surface area contributed by atoms with Crippen LogP contribution in [-0.4, -0.2) is 51.8 Å². The second kappa shape index (κ2) is 11.2. The van der Waals surface area contributed by atoms with Crippen LogP contribution in [0.5, 0.6) is 5.75 Å². The van der Waals surface area contributed by atoms with Crippen molar-refractivity contribution in [2.75, 3.05) is 25.4 Å². The Labute approximate surface area is 226 Å². The van der Waals surface area contributed by atoms with Crippen LogP contribution in [0, 0.1) is 5.41 Å². The fourth-order valence-electron chi connectivity index (χ4n) is 5.10. The molecule has 1 aromatic carbocycles. The molecular formula is C27H29Cl2N5O3. The first-order valence-corrected chi connectivity index (χ1v) is 13.2. The van der Waals surface area contributed by atoms with E-state index in [9.17, 15) is 4.79 Å². The minimum Gasteiger partial charge on any atom is -0.485 e. The van der Waals surface area contributed by atoms with Gasteiger partial charge in [0.2, 0.25) is 0 Å². The number of halogens is 2. The molecular weight excluding hydrogens is 513 g/mol.